The molecule has 0 bridgehead atoms. The highest BCUT2D eigenvalue weighted by Crippen LogP contribution is 2.20. The van der Waals surface area contributed by atoms with Crippen LogP contribution in [0, 0.1) is 5.82 Å². The number of hydrogen-bond donors (Lipinski definition) is 2. The maximum absolute atomic E-state index is 13.5. The highest BCUT2D eigenvalue weighted by atomic mass is 19.1. The number of amidine groups is 1. The van der Waals surface area contributed by atoms with Crippen molar-refractivity contribution in [3.63, 3.8) is 0 Å². The Bertz CT molecular complexity index is 1260. The van der Waals surface area contributed by atoms with Crippen LogP contribution >= 0.6 is 0 Å². The van der Waals surface area contributed by atoms with Gasteiger partial charge in [0, 0.05) is 35.8 Å². The number of carbonyl (C=O) groups is 1. The Kier molecular flexibility index (Phi) is 7.71. The number of aromatic nitrogens is 1. The molecule has 0 unspecified atom stereocenters. The van der Waals surface area contributed by atoms with Gasteiger partial charge in [-0.05, 0) is 87.9 Å². The normalized spacial score (nSPS) is 12.1. The molecular formula is C26H31FN4O3. The second kappa shape index (κ2) is 10.5. The lowest BCUT2D eigenvalue weighted by Gasteiger charge is -2.19. The molecular weight excluding hydrogens is 435 g/mol. The highest BCUT2D eigenvalue weighted by Gasteiger charge is 2.16. The van der Waals surface area contributed by atoms with E-state index in [1.54, 1.807) is 35.9 Å². The van der Waals surface area contributed by atoms with Crippen molar-refractivity contribution in [2.45, 2.75) is 52.1 Å². The van der Waals surface area contributed by atoms with E-state index < -0.39 is 5.60 Å². The van der Waals surface area contributed by atoms with E-state index in [4.69, 9.17) is 10.5 Å². The molecule has 180 valence electrons. The summed E-state index contributed by atoms with van der Waals surface area (Å²) < 4.78 is 20.5. The number of carbonyl (C=O) groups excluding carboxylic acids is 1. The van der Waals surface area contributed by atoms with Crippen molar-refractivity contribution in [1.82, 2.24) is 9.99 Å². The number of aryl methyl sites for hydroxylation is 1. The standard InChI is InChI=1S/C26H31FN4O3/c1-26(2,3)34-23(32)8-6-5-7-21-16-18-15-17(24(28)30-29-4)9-14-22(18)25(33)31(21)20-12-10-19(27)11-13-20/h9-16,29H,5-8H2,1-4H3,(H2,28,30). The fourth-order valence-electron chi connectivity index (χ4n) is 3.74. The van der Waals surface area contributed by atoms with Gasteiger partial charge in [0.1, 0.15) is 11.4 Å². The van der Waals surface area contributed by atoms with Crippen LogP contribution in [0.1, 0.15) is 51.3 Å². The molecule has 7 nitrogen and oxygen atoms in total. The number of ether oxygens (including phenoxy) is 1. The van der Waals surface area contributed by atoms with E-state index in [2.05, 4.69) is 10.5 Å². The summed E-state index contributed by atoms with van der Waals surface area (Å²) in [7, 11) is 1.66. The predicted molar refractivity (Wildman–Crippen MR) is 133 cm³/mol. The molecule has 1 heterocycles. The van der Waals surface area contributed by atoms with Crippen LogP contribution in [0.15, 0.2) is 58.4 Å². The summed E-state index contributed by atoms with van der Waals surface area (Å²) in [6.07, 6.45) is 2.14. The lowest BCUT2D eigenvalue weighted by atomic mass is 10.0. The molecule has 0 atom stereocenters. The third-order valence-corrected chi connectivity index (χ3v) is 5.19. The van der Waals surface area contributed by atoms with Crippen LogP contribution in [-0.2, 0) is 16.0 Å². The third-order valence-electron chi connectivity index (χ3n) is 5.19. The second-order valence-electron chi connectivity index (χ2n) is 9.07. The van der Waals surface area contributed by atoms with Crippen molar-refractivity contribution >= 4 is 22.6 Å². The first-order chi connectivity index (χ1) is 16.1. The first kappa shape index (κ1) is 25.0. The van der Waals surface area contributed by atoms with Crippen LogP contribution in [0.4, 0.5) is 4.39 Å². The summed E-state index contributed by atoms with van der Waals surface area (Å²) in [4.78, 5) is 25.5. The average Bonchev–Trinajstić information content (AvgIpc) is 2.76. The fraction of sp³-hybridized carbons (Fsp3) is 0.346. The molecule has 0 amide bonds. The Balaban J connectivity index is 1.96. The van der Waals surface area contributed by atoms with Crippen molar-refractivity contribution < 1.29 is 13.9 Å². The zero-order valence-corrected chi connectivity index (χ0v) is 20.0. The lowest BCUT2D eigenvalue weighted by Crippen LogP contribution is -2.24. The van der Waals surface area contributed by atoms with Gasteiger partial charge in [0.2, 0.25) is 0 Å². The Labute approximate surface area is 198 Å². The maximum Gasteiger partial charge on any atom is 0.306 e. The predicted octanol–water partition coefficient (Wildman–Crippen LogP) is 4.02. The maximum atomic E-state index is 13.5. The molecule has 0 spiro atoms. The van der Waals surface area contributed by atoms with Crippen molar-refractivity contribution in [3.05, 3.63) is 76.0 Å². The number of pyridine rings is 1. The van der Waals surface area contributed by atoms with Crippen LogP contribution in [0.3, 0.4) is 0 Å². The fourth-order valence-corrected chi connectivity index (χ4v) is 3.74. The molecule has 0 saturated carbocycles. The number of nitrogens with one attached hydrogen (secondary N) is 1. The number of nitrogens with zero attached hydrogens (tertiary/aromatic N) is 2. The molecule has 0 saturated heterocycles. The molecule has 34 heavy (non-hydrogen) atoms. The molecule has 0 radical (unpaired) electrons. The van der Waals surface area contributed by atoms with Crippen LogP contribution in [0.25, 0.3) is 16.5 Å². The van der Waals surface area contributed by atoms with Crippen LogP contribution in [-0.4, -0.2) is 29.0 Å². The molecule has 3 rings (SSSR count). The van der Waals surface area contributed by atoms with Crippen molar-refractivity contribution in [2.24, 2.45) is 10.8 Å². The highest BCUT2D eigenvalue weighted by molar-refractivity contribution is 6.00. The van der Waals surface area contributed by atoms with Gasteiger partial charge in [-0.3, -0.25) is 14.2 Å². The van der Waals surface area contributed by atoms with E-state index >= 15 is 0 Å². The number of benzene rings is 2. The molecule has 3 N–H and O–H groups in total. The molecule has 2 aromatic carbocycles. The van der Waals surface area contributed by atoms with E-state index in [1.807, 2.05) is 32.9 Å². The summed E-state index contributed by atoms with van der Waals surface area (Å²) in [5.74, 6) is -0.308. The smallest absolute Gasteiger partial charge is 0.306 e. The van der Waals surface area contributed by atoms with Crippen LogP contribution in [0.5, 0.6) is 0 Å². The third kappa shape index (κ3) is 6.21. The Morgan fingerprint density at radius 1 is 1.12 bits per heavy atom. The van der Waals surface area contributed by atoms with Crippen molar-refractivity contribution in [1.29, 1.82) is 0 Å². The Morgan fingerprint density at radius 2 is 1.82 bits per heavy atom. The number of hydrazone groups is 1. The first-order valence-electron chi connectivity index (χ1n) is 11.3. The Hall–Kier alpha value is -3.68. The van der Waals surface area contributed by atoms with Gasteiger partial charge >= 0.3 is 5.97 Å². The van der Waals surface area contributed by atoms with Gasteiger partial charge in [-0.25, -0.2) is 4.39 Å². The average molecular weight is 467 g/mol. The number of halogens is 1. The molecule has 1 aromatic heterocycles. The van der Waals surface area contributed by atoms with Gasteiger partial charge in [0.15, 0.2) is 5.84 Å². The van der Waals surface area contributed by atoms with Gasteiger partial charge in [-0.2, -0.15) is 5.10 Å². The second-order valence-corrected chi connectivity index (χ2v) is 9.07. The van der Waals surface area contributed by atoms with E-state index in [-0.39, 0.29) is 17.3 Å². The summed E-state index contributed by atoms with van der Waals surface area (Å²) in [6, 6.07) is 13.0. The van der Waals surface area contributed by atoms with Crippen molar-refractivity contribution in [3.8, 4) is 5.69 Å². The quantitative estimate of drug-likeness (QED) is 0.172. The monoisotopic (exact) mass is 466 g/mol. The molecule has 0 aliphatic rings. The number of nitrogens with two attached hydrogens (primary N) is 1. The molecule has 0 aliphatic carbocycles. The zero-order valence-electron chi connectivity index (χ0n) is 20.0. The minimum absolute atomic E-state index is 0.207. The van der Waals surface area contributed by atoms with Crippen molar-refractivity contribution in [2.75, 3.05) is 7.05 Å². The van der Waals surface area contributed by atoms with Crippen LogP contribution in [0.2, 0.25) is 0 Å². The summed E-state index contributed by atoms with van der Waals surface area (Å²) in [5, 5.41) is 5.25. The minimum atomic E-state index is -0.519. The van der Waals surface area contributed by atoms with Gasteiger partial charge in [-0.15, -0.1) is 0 Å². The summed E-state index contributed by atoms with van der Waals surface area (Å²) in [5.41, 5.74) is 9.96. The van der Waals surface area contributed by atoms with E-state index in [0.29, 0.717) is 48.2 Å². The topological polar surface area (TPSA) is 98.7 Å². The largest absolute Gasteiger partial charge is 0.460 e. The Morgan fingerprint density at radius 3 is 2.47 bits per heavy atom. The van der Waals surface area contributed by atoms with E-state index in [9.17, 15) is 14.0 Å². The minimum Gasteiger partial charge on any atom is -0.460 e. The molecule has 0 aliphatic heterocycles. The van der Waals surface area contributed by atoms with Gasteiger partial charge in [0.25, 0.3) is 5.56 Å². The number of unbranched alkanes of at least 4 members (excludes halogenated alkanes) is 1. The molecule has 0 fully saturated rings. The number of hydrogen-bond acceptors (Lipinski definition) is 5. The molecule has 8 heteroatoms. The van der Waals surface area contributed by atoms with E-state index in [0.717, 1.165) is 11.1 Å². The van der Waals surface area contributed by atoms with Gasteiger partial charge < -0.3 is 15.9 Å². The lowest BCUT2D eigenvalue weighted by molar-refractivity contribution is -0.154. The summed E-state index contributed by atoms with van der Waals surface area (Å²) in [6.45, 7) is 5.51. The molecule has 3 aromatic rings. The summed E-state index contributed by atoms with van der Waals surface area (Å²) >= 11 is 0. The van der Waals surface area contributed by atoms with Crippen LogP contribution < -0.4 is 16.7 Å². The number of rotatable bonds is 8. The zero-order chi connectivity index (χ0) is 24.9. The number of fused-ring (bicyclic) bond motifs is 1. The van der Waals surface area contributed by atoms with Gasteiger partial charge in [0.05, 0.1) is 0 Å². The van der Waals surface area contributed by atoms with Gasteiger partial charge in [-0.1, -0.05) is 6.07 Å². The van der Waals surface area contributed by atoms with E-state index in [1.165, 1.54) is 12.1 Å². The first-order valence-corrected chi connectivity index (χ1v) is 11.3. The number of esters is 1. The SMILES string of the molecule is CNN=C(N)c1ccc2c(=O)n(-c3ccc(F)cc3)c(CCCCC(=O)OC(C)(C)C)cc2c1.